The number of rotatable bonds is 5. The van der Waals surface area contributed by atoms with Crippen LogP contribution in [0.15, 0.2) is 36.4 Å². The molecule has 2 rings (SSSR count). The van der Waals surface area contributed by atoms with Gasteiger partial charge in [0.2, 0.25) is 0 Å². The SMILES string of the molecule is Nc1cc([N+](=O)[O-])c(Cl)cc1Nc1ccc(CCO)cc1. The number of halogens is 1. The van der Waals surface area contributed by atoms with Gasteiger partial charge >= 0.3 is 0 Å². The second kappa shape index (κ2) is 6.43. The van der Waals surface area contributed by atoms with Crippen molar-refractivity contribution in [1.82, 2.24) is 0 Å². The van der Waals surface area contributed by atoms with E-state index in [1.807, 2.05) is 24.3 Å². The molecule has 21 heavy (non-hydrogen) atoms. The fourth-order valence-electron chi connectivity index (χ4n) is 1.87. The van der Waals surface area contributed by atoms with Crippen LogP contribution in [-0.4, -0.2) is 16.6 Å². The average molecular weight is 308 g/mol. The topological polar surface area (TPSA) is 101 Å². The van der Waals surface area contributed by atoms with Gasteiger partial charge in [0.25, 0.3) is 5.69 Å². The lowest BCUT2D eigenvalue weighted by atomic mass is 10.1. The van der Waals surface area contributed by atoms with Gasteiger partial charge in [-0.1, -0.05) is 23.7 Å². The van der Waals surface area contributed by atoms with Crippen molar-refractivity contribution in [2.45, 2.75) is 6.42 Å². The number of nitrogen functional groups attached to an aromatic ring is 1. The molecule has 0 aliphatic rings. The number of anilines is 3. The minimum absolute atomic E-state index is 0.0219. The maximum absolute atomic E-state index is 10.8. The van der Waals surface area contributed by atoms with E-state index in [-0.39, 0.29) is 23.0 Å². The lowest BCUT2D eigenvalue weighted by Crippen LogP contribution is -1.99. The minimum atomic E-state index is -0.577. The fraction of sp³-hybridized carbons (Fsp3) is 0.143. The number of aliphatic hydroxyl groups excluding tert-OH is 1. The van der Waals surface area contributed by atoms with Gasteiger partial charge in [-0.05, 0) is 30.2 Å². The highest BCUT2D eigenvalue weighted by Gasteiger charge is 2.15. The molecule has 0 atom stereocenters. The van der Waals surface area contributed by atoms with E-state index in [0.717, 1.165) is 11.3 Å². The maximum atomic E-state index is 10.8. The highest BCUT2D eigenvalue weighted by atomic mass is 35.5. The first-order chi connectivity index (χ1) is 10.0. The molecule has 0 heterocycles. The van der Waals surface area contributed by atoms with Crippen molar-refractivity contribution in [1.29, 1.82) is 0 Å². The number of nitro groups is 1. The third-order valence-electron chi connectivity index (χ3n) is 2.95. The summed E-state index contributed by atoms with van der Waals surface area (Å²) in [4.78, 5) is 10.2. The van der Waals surface area contributed by atoms with Crippen LogP contribution in [0.2, 0.25) is 5.02 Å². The molecule has 6 nitrogen and oxygen atoms in total. The van der Waals surface area contributed by atoms with Crippen LogP contribution < -0.4 is 11.1 Å². The van der Waals surface area contributed by atoms with Gasteiger partial charge in [0.15, 0.2) is 0 Å². The second-order valence-corrected chi connectivity index (χ2v) is 4.85. The molecular formula is C14H14ClN3O3. The van der Waals surface area contributed by atoms with E-state index in [9.17, 15) is 10.1 Å². The quantitative estimate of drug-likeness (QED) is 0.447. The molecule has 7 heteroatoms. The molecule has 2 aromatic rings. The van der Waals surface area contributed by atoms with Crippen molar-refractivity contribution in [3.8, 4) is 0 Å². The van der Waals surface area contributed by atoms with E-state index in [2.05, 4.69) is 5.32 Å². The molecule has 2 aromatic carbocycles. The lowest BCUT2D eigenvalue weighted by Gasteiger charge is -2.10. The number of hydrogen-bond acceptors (Lipinski definition) is 5. The Labute approximate surface area is 126 Å². The Morgan fingerprint density at radius 2 is 1.95 bits per heavy atom. The Morgan fingerprint density at radius 1 is 1.29 bits per heavy atom. The summed E-state index contributed by atoms with van der Waals surface area (Å²) in [6.45, 7) is 0.0949. The van der Waals surface area contributed by atoms with E-state index >= 15 is 0 Å². The predicted molar refractivity (Wildman–Crippen MR) is 83.0 cm³/mol. The number of benzene rings is 2. The van der Waals surface area contributed by atoms with Crippen LogP contribution in [0.3, 0.4) is 0 Å². The van der Waals surface area contributed by atoms with Crippen LogP contribution in [0.5, 0.6) is 0 Å². The molecule has 0 radical (unpaired) electrons. The van der Waals surface area contributed by atoms with Crippen LogP contribution in [0, 0.1) is 10.1 Å². The number of aliphatic hydroxyl groups is 1. The molecule has 0 saturated carbocycles. The standard InChI is InChI=1S/C14H14ClN3O3/c15-11-7-13(12(16)8-14(11)18(20)21)17-10-3-1-9(2-4-10)5-6-19/h1-4,7-8,17,19H,5-6,16H2. The minimum Gasteiger partial charge on any atom is -0.397 e. The van der Waals surface area contributed by atoms with E-state index in [1.54, 1.807) is 0 Å². The van der Waals surface area contributed by atoms with Gasteiger partial charge in [0.1, 0.15) is 5.02 Å². The van der Waals surface area contributed by atoms with E-state index in [0.29, 0.717) is 12.1 Å². The van der Waals surface area contributed by atoms with Crippen LogP contribution >= 0.6 is 11.6 Å². The molecule has 0 aromatic heterocycles. The molecule has 0 saturated heterocycles. The summed E-state index contributed by atoms with van der Waals surface area (Å²) in [6.07, 6.45) is 0.589. The Bertz CT molecular complexity index is 659. The van der Waals surface area contributed by atoms with E-state index in [4.69, 9.17) is 22.4 Å². The van der Waals surface area contributed by atoms with E-state index in [1.165, 1.54) is 12.1 Å². The Balaban J connectivity index is 2.23. The molecule has 0 bridgehead atoms. The van der Waals surface area contributed by atoms with Crippen LogP contribution in [-0.2, 0) is 6.42 Å². The zero-order valence-corrected chi connectivity index (χ0v) is 11.8. The van der Waals surface area contributed by atoms with Crippen molar-refractivity contribution < 1.29 is 10.0 Å². The highest BCUT2D eigenvalue weighted by molar-refractivity contribution is 6.33. The third kappa shape index (κ3) is 3.62. The van der Waals surface area contributed by atoms with Gasteiger partial charge < -0.3 is 16.2 Å². The summed E-state index contributed by atoms with van der Waals surface area (Å²) in [6, 6.07) is 10.1. The van der Waals surface area contributed by atoms with Crippen LogP contribution in [0.1, 0.15) is 5.56 Å². The summed E-state index contributed by atoms with van der Waals surface area (Å²) in [7, 11) is 0. The smallest absolute Gasteiger partial charge is 0.290 e. The van der Waals surface area contributed by atoms with Crippen molar-refractivity contribution in [3.63, 3.8) is 0 Å². The van der Waals surface area contributed by atoms with Crippen molar-refractivity contribution in [2.24, 2.45) is 0 Å². The molecule has 110 valence electrons. The molecule has 0 aliphatic heterocycles. The summed E-state index contributed by atoms with van der Waals surface area (Å²) in [5.74, 6) is 0. The molecule has 0 amide bonds. The normalized spacial score (nSPS) is 10.4. The fourth-order valence-corrected chi connectivity index (χ4v) is 2.10. The largest absolute Gasteiger partial charge is 0.397 e. The first-order valence-electron chi connectivity index (χ1n) is 6.21. The molecule has 0 fully saturated rings. The zero-order valence-electron chi connectivity index (χ0n) is 11.0. The molecule has 0 aliphatic carbocycles. The molecule has 4 N–H and O–H groups in total. The average Bonchev–Trinajstić information content (AvgIpc) is 2.44. The van der Waals surface area contributed by atoms with Crippen LogP contribution in [0.4, 0.5) is 22.7 Å². The summed E-state index contributed by atoms with van der Waals surface area (Å²) in [5, 5.41) is 22.7. The summed E-state index contributed by atoms with van der Waals surface area (Å²) in [5.41, 5.74) is 8.10. The molecule has 0 spiro atoms. The predicted octanol–water partition coefficient (Wildman–Crippen LogP) is 3.11. The number of nitrogens with two attached hydrogens (primary N) is 1. The van der Waals surface area contributed by atoms with Gasteiger partial charge in [-0.3, -0.25) is 10.1 Å². The van der Waals surface area contributed by atoms with Crippen LogP contribution in [0.25, 0.3) is 0 Å². The summed E-state index contributed by atoms with van der Waals surface area (Å²) < 4.78 is 0. The number of hydrogen-bond donors (Lipinski definition) is 3. The lowest BCUT2D eigenvalue weighted by molar-refractivity contribution is -0.384. The Kier molecular flexibility index (Phi) is 4.62. The number of nitro benzene ring substituents is 1. The Hall–Kier alpha value is -2.31. The first-order valence-corrected chi connectivity index (χ1v) is 6.59. The summed E-state index contributed by atoms with van der Waals surface area (Å²) >= 11 is 5.86. The Morgan fingerprint density at radius 3 is 2.52 bits per heavy atom. The van der Waals surface area contributed by atoms with Gasteiger partial charge in [-0.2, -0.15) is 0 Å². The highest BCUT2D eigenvalue weighted by Crippen LogP contribution is 2.34. The van der Waals surface area contributed by atoms with Crippen molar-refractivity contribution >= 4 is 34.4 Å². The number of nitrogens with one attached hydrogen (secondary N) is 1. The second-order valence-electron chi connectivity index (χ2n) is 4.44. The van der Waals surface area contributed by atoms with Gasteiger partial charge in [-0.15, -0.1) is 0 Å². The van der Waals surface area contributed by atoms with Crippen molar-refractivity contribution in [2.75, 3.05) is 17.7 Å². The van der Waals surface area contributed by atoms with Gasteiger partial charge in [-0.25, -0.2) is 0 Å². The monoisotopic (exact) mass is 307 g/mol. The number of nitrogens with zero attached hydrogens (tertiary/aromatic N) is 1. The molecular weight excluding hydrogens is 294 g/mol. The first kappa shape index (κ1) is 15.1. The van der Waals surface area contributed by atoms with Crippen molar-refractivity contribution in [3.05, 3.63) is 57.1 Å². The molecule has 0 unspecified atom stereocenters. The maximum Gasteiger partial charge on any atom is 0.290 e. The van der Waals surface area contributed by atoms with Gasteiger partial charge in [0.05, 0.1) is 16.3 Å². The van der Waals surface area contributed by atoms with E-state index < -0.39 is 4.92 Å². The zero-order chi connectivity index (χ0) is 15.4. The van der Waals surface area contributed by atoms with Gasteiger partial charge in [0, 0.05) is 18.4 Å². The third-order valence-corrected chi connectivity index (χ3v) is 3.25.